The first kappa shape index (κ1) is 17.5. The van der Waals surface area contributed by atoms with Crippen LogP contribution < -0.4 is 9.77 Å². The molecule has 4 rings (SSSR count). The van der Waals surface area contributed by atoms with Crippen LogP contribution in [0.25, 0.3) is 0 Å². The van der Waals surface area contributed by atoms with Crippen LogP contribution in [0.3, 0.4) is 0 Å². The summed E-state index contributed by atoms with van der Waals surface area (Å²) in [6.45, 7) is 0. The van der Waals surface area contributed by atoms with E-state index in [2.05, 4.69) is 20.9 Å². The number of ether oxygens (including phenoxy) is 1. The minimum Gasteiger partial charge on any atom is -0.469 e. The van der Waals surface area contributed by atoms with E-state index in [1.807, 2.05) is 0 Å². The number of hydrogen-bond acceptors (Lipinski definition) is 7. The van der Waals surface area contributed by atoms with Crippen molar-refractivity contribution in [2.75, 3.05) is 12.0 Å². The first-order chi connectivity index (χ1) is 12.4. The van der Waals surface area contributed by atoms with Crippen LogP contribution in [0.1, 0.15) is 10.8 Å². The molecule has 0 aliphatic carbocycles. The van der Waals surface area contributed by atoms with Gasteiger partial charge in [-0.25, -0.2) is 4.90 Å². The van der Waals surface area contributed by atoms with E-state index in [0.717, 1.165) is 32.5 Å². The van der Waals surface area contributed by atoms with Gasteiger partial charge in [-0.15, -0.1) is 0 Å². The smallest absolute Gasteiger partial charge is 0.314 e. The molecule has 0 radical (unpaired) electrons. The number of esters is 1. The summed E-state index contributed by atoms with van der Waals surface area (Å²) in [7, 11) is 1.22. The average Bonchev–Trinajstić information content (AvgIpc) is 3.11. The Morgan fingerprint density at radius 2 is 1.88 bits per heavy atom. The zero-order valence-electron chi connectivity index (χ0n) is 13.2. The number of carbonyl (C=O) groups is 3. The van der Waals surface area contributed by atoms with Crippen LogP contribution in [0.15, 0.2) is 38.6 Å². The third kappa shape index (κ3) is 2.55. The van der Waals surface area contributed by atoms with Gasteiger partial charge in [0.25, 0.3) is 0 Å². The second-order valence-corrected chi connectivity index (χ2v) is 8.84. The van der Waals surface area contributed by atoms with E-state index in [-0.39, 0.29) is 4.87 Å². The molecule has 2 aliphatic heterocycles. The highest BCUT2D eigenvalue weighted by molar-refractivity contribution is 9.10. The number of anilines is 1. The van der Waals surface area contributed by atoms with Crippen LogP contribution in [0.5, 0.6) is 0 Å². The Morgan fingerprint density at radius 3 is 2.54 bits per heavy atom. The molecule has 2 aromatic rings. The van der Waals surface area contributed by atoms with E-state index >= 15 is 0 Å². The monoisotopic (exact) mass is 454 g/mol. The number of halogens is 1. The van der Waals surface area contributed by atoms with Gasteiger partial charge in [0.05, 0.1) is 28.6 Å². The number of rotatable bonds is 2. The van der Waals surface area contributed by atoms with Crippen LogP contribution in [-0.2, 0) is 19.1 Å². The Bertz CT molecular complexity index is 983. The van der Waals surface area contributed by atoms with Crippen LogP contribution in [0, 0.1) is 5.92 Å². The molecule has 10 heteroatoms. The third-order valence-electron chi connectivity index (χ3n) is 4.36. The molecule has 1 N–H and O–H groups in total. The molecule has 0 spiro atoms. The normalized spacial score (nSPS) is 24.4. The second-order valence-electron chi connectivity index (χ2n) is 5.76. The summed E-state index contributed by atoms with van der Waals surface area (Å²) in [6, 6.07) is 6.79. The topological polar surface area (TPSA) is 96.5 Å². The zero-order valence-corrected chi connectivity index (χ0v) is 16.4. The fraction of sp³-hybridized carbons (Fsp3) is 0.250. The van der Waals surface area contributed by atoms with Gasteiger partial charge in [-0.2, -0.15) is 0 Å². The van der Waals surface area contributed by atoms with Crippen molar-refractivity contribution in [3.05, 3.63) is 43.3 Å². The van der Waals surface area contributed by atoms with Gasteiger partial charge in [-0.1, -0.05) is 39.0 Å². The fourth-order valence-electron chi connectivity index (χ4n) is 3.24. The molecule has 134 valence electrons. The number of nitrogens with zero attached hydrogens (tertiary/aromatic N) is 1. The van der Waals surface area contributed by atoms with Crippen LogP contribution in [0.4, 0.5) is 5.69 Å². The maximum atomic E-state index is 13.1. The quantitative estimate of drug-likeness (QED) is 0.551. The van der Waals surface area contributed by atoms with Gasteiger partial charge in [0.15, 0.2) is 0 Å². The van der Waals surface area contributed by atoms with Gasteiger partial charge >= 0.3 is 10.8 Å². The number of carbonyl (C=O) groups excluding carboxylic acids is 3. The third-order valence-corrected chi connectivity index (χ3v) is 7.29. The van der Waals surface area contributed by atoms with Gasteiger partial charge in [0.1, 0.15) is 11.2 Å². The van der Waals surface area contributed by atoms with Gasteiger partial charge in [0, 0.05) is 4.47 Å². The summed E-state index contributed by atoms with van der Waals surface area (Å²) in [5.74, 6) is -3.36. The van der Waals surface area contributed by atoms with E-state index < -0.39 is 34.9 Å². The van der Waals surface area contributed by atoms with Crippen LogP contribution in [0.2, 0.25) is 0 Å². The molecule has 0 saturated carbocycles. The molecule has 26 heavy (non-hydrogen) atoms. The number of benzene rings is 1. The molecule has 2 aliphatic rings. The summed E-state index contributed by atoms with van der Waals surface area (Å²) >= 11 is 5.31. The lowest BCUT2D eigenvalue weighted by molar-refractivity contribution is -0.145. The molecule has 1 aromatic heterocycles. The Labute approximate surface area is 163 Å². The minimum atomic E-state index is -0.970. The fourth-order valence-corrected chi connectivity index (χ4v) is 5.98. The predicted octanol–water partition coefficient (Wildman–Crippen LogP) is 2.12. The first-order valence-electron chi connectivity index (χ1n) is 7.53. The standard InChI is InChI=1S/C16H11BrN2O5S2/c1-24-15(22)9-8-11(25-12-10(9)26-16(23)18-12)14(21)19(13(8)20)7-4-2-6(17)3-5-7/h2-5,8-9,11H,1H3,(H,18,23)/t8-,9+,11+/m1/s1. The highest BCUT2D eigenvalue weighted by Gasteiger charge is 2.58. The molecule has 1 aromatic carbocycles. The highest BCUT2D eigenvalue weighted by Crippen LogP contribution is 2.51. The lowest BCUT2D eigenvalue weighted by atomic mass is 9.89. The molecular weight excluding hydrogens is 444 g/mol. The van der Waals surface area contributed by atoms with Crippen molar-refractivity contribution in [2.45, 2.75) is 16.2 Å². The number of thiazole rings is 1. The summed E-state index contributed by atoms with van der Waals surface area (Å²) in [5, 5.41) is -0.330. The van der Waals surface area contributed by atoms with Gasteiger partial charge in [-0.05, 0) is 24.3 Å². The number of fused-ring (bicyclic) bond motifs is 2. The Hall–Kier alpha value is -1.91. The minimum absolute atomic E-state index is 0.332. The lowest BCUT2D eigenvalue weighted by Crippen LogP contribution is -2.35. The maximum Gasteiger partial charge on any atom is 0.314 e. The summed E-state index contributed by atoms with van der Waals surface area (Å²) in [4.78, 5) is 54.0. The number of amides is 2. The number of nitrogens with one attached hydrogen (secondary N) is 1. The number of aromatic nitrogens is 1. The molecule has 7 nitrogen and oxygen atoms in total. The number of methoxy groups -OCH3 is 1. The van der Waals surface area contributed by atoms with E-state index in [1.165, 1.54) is 7.11 Å². The summed E-state index contributed by atoms with van der Waals surface area (Å²) in [6.07, 6.45) is 0. The van der Waals surface area contributed by atoms with Crippen molar-refractivity contribution in [3.8, 4) is 0 Å². The van der Waals surface area contributed by atoms with Crippen molar-refractivity contribution in [2.24, 2.45) is 5.92 Å². The van der Waals surface area contributed by atoms with Crippen molar-refractivity contribution in [1.82, 2.24) is 4.98 Å². The molecule has 0 bridgehead atoms. The Morgan fingerprint density at radius 1 is 1.19 bits per heavy atom. The average molecular weight is 455 g/mol. The van der Waals surface area contributed by atoms with Gasteiger partial charge < -0.3 is 9.72 Å². The maximum absolute atomic E-state index is 13.1. The largest absolute Gasteiger partial charge is 0.469 e. The van der Waals surface area contributed by atoms with Crippen LogP contribution >= 0.6 is 39.0 Å². The molecule has 2 amide bonds. The van der Waals surface area contributed by atoms with E-state index in [1.54, 1.807) is 24.3 Å². The number of aromatic amines is 1. The van der Waals surface area contributed by atoms with E-state index in [9.17, 15) is 19.2 Å². The molecule has 3 atom stereocenters. The SMILES string of the molecule is COC(=O)[C@@H]1c2sc(=O)[nH]c2S[C@@H]2C(=O)N(c3ccc(Br)cc3)C(=O)[C@@H]21. The molecule has 1 saturated heterocycles. The van der Waals surface area contributed by atoms with Crippen molar-refractivity contribution < 1.29 is 19.1 Å². The Balaban J connectivity index is 1.81. The number of imide groups is 1. The zero-order chi connectivity index (χ0) is 18.6. The first-order valence-corrected chi connectivity index (χ1v) is 10.0. The van der Waals surface area contributed by atoms with Crippen LogP contribution in [-0.4, -0.2) is 35.1 Å². The summed E-state index contributed by atoms with van der Waals surface area (Å²) < 4.78 is 5.68. The van der Waals surface area contributed by atoms with Crippen molar-refractivity contribution in [3.63, 3.8) is 0 Å². The molecule has 1 fully saturated rings. The molecule has 0 unspecified atom stereocenters. The second kappa shape index (κ2) is 6.36. The number of hydrogen-bond donors (Lipinski definition) is 1. The number of thioether (sulfide) groups is 1. The van der Waals surface area contributed by atoms with Gasteiger partial charge in [-0.3, -0.25) is 19.2 Å². The number of H-pyrrole nitrogens is 1. The summed E-state index contributed by atoms with van der Waals surface area (Å²) in [5.41, 5.74) is 0.443. The highest BCUT2D eigenvalue weighted by atomic mass is 79.9. The predicted molar refractivity (Wildman–Crippen MR) is 99.5 cm³/mol. The van der Waals surface area contributed by atoms with Crippen molar-refractivity contribution >= 4 is 62.5 Å². The van der Waals surface area contributed by atoms with Crippen molar-refractivity contribution in [1.29, 1.82) is 0 Å². The van der Waals surface area contributed by atoms with E-state index in [0.29, 0.717) is 15.6 Å². The lowest BCUT2D eigenvalue weighted by Gasteiger charge is -2.27. The Kier molecular flexibility index (Phi) is 4.28. The molecular formula is C16H11BrN2O5S2. The van der Waals surface area contributed by atoms with Gasteiger partial charge in [0.2, 0.25) is 11.8 Å². The van der Waals surface area contributed by atoms with E-state index in [4.69, 9.17) is 4.74 Å². The molecule has 3 heterocycles.